The zero-order valence-corrected chi connectivity index (χ0v) is 9.82. The first kappa shape index (κ1) is 14.0. The van der Waals surface area contributed by atoms with Crippen LogP contribution in [-0.4, -0.2) is 20.4 Å². The molecule has 2 rings (SSSR count). The van der Waals surface area contributed by atoms with E-state index in [1.54, 1.807) is 36.4 Å². The molecular weight excluding hydrogens is 232 g/mol. The second-order valence-electron chi connectivity index (χ2n) is 3.66. The smallest absolute Gasteiger partial charge is 0.115 e. The van der Waals surface area contributed by atoms with Gasteiger partial charge >= 0.3 is 0 Å². The van der Waals surface area contributed by atoms with Crippen molar-refractivity contribution in [3.05, 3.63) is 59.7 Å². The number of phenolic OH excluding ortho intramolecular Hbond substituents is 2. The van der Waals surface area contributed by atoms with Crippen molar-refractivity contribution in [1.82, 2.24) is 0 Å². The van der Waals surface area contributed by atoms with Gasteiger partial charge < -0.3 is 20.4 Å². The second-order valence-corrected chi connectivity index (χ2v) is 3.66. The van der Waals surface area contributed by atoms with E-state index in [1.165, 1.54) is 12.1 Å². The molecule has 0 aromatic heterocycles. The van der Waals surface area contributed by atoms with Gasteiger partial charge in [0.25, 0.3) is 0 Å². The molecule has 96 valence electrons. The maximum atomic E-state index is 8.83. The summed E-state index contributed by atoms with van der Waals surface area (Å²) in [7, 11) is 0. The third-order valence-corrected chi connectivity index (χ3v) is 2.19. The summed E-state index contributed by atoms with van der Waals surface area (Å²) in [6, 6.07) is 13.1. The summed E-state index contributed by atoms with van der Waals surface area (Å²) in [6.07, 6.45) is 0. The Hall–Kier alpha value is -2.04. The van der Waals surface area contributed by atoms with Crippen LogP contribution in [0.5, 0.6) is 11.5 Å². The van der Waals surface area contributed by atoms with Gasteiger partial charge in [-0.2, -0.15) is 0 Å². The quantitative estimate of drug-likeness (QED) is 0.653. The molecule has 0 aliphatic carbocycles. The van der Waals surface area contributed by atoms with Crippen LogP contribution >= 0.6 is 0 Å². The van der Waals surface area contributed by atoms with Gasteiger partial charge in [0.15, 0.2) is 0 Å². The van der Waals surface area contributed by atoms with E-state index < -0.39 is 0 Å². The molecule has 2 aromatic carbocycles. The van der Waals surface area contributed by atoms with Gasteiger partial charge in [-0.1, -0.05) is 24.3 Å². The van der Waals surface area contributed by atoms with Crippen LogP contribution in [0.25, 0.3) is 0 Å². The monoisotopic (exact) mass is 248 g/mol. The fraction of sp³-hybridized carbons (Fsp3) is 0.143. The molecule has 0 spiro atoms. The van der Waals surface area contributed by atoms with Gasteiger partial charge in [0.1, 0.15) is 11.5 Å². The number of phenols is 2. The van der Waals surface area contributed by atoms with Gasteiger partial charge in [-0.3, -0.25) is 0 Å². The van der Waals surface area contributed by atoms with Crippen LogP contribution in [0.4, 0.5) is 0 Å². The SMILES string of the molecule is OCc1cccc(O)c1.OCc1cccc(O)c1. The predicted octanol–water partition coefficient (Wildman–Crippen LogP) is 1.77. The van der Waals surface area contributed by atoms with E-state index in [9.17, 15) is 0 Å². The standard InChI is InChI=1S/2C7H8O2/c2*8-5-6-2-1-3-7(9)4-6/h2*1-4,8-9H,5H2. The lowest BCUT2D eigenvalue weighted by Gasteiger charge is -1.93. The van der Waals surface area contributed by atoms with Gasteiger partial charge in [0, 0.05) is 0 Å². The van der Waals surface area contributed by atoms with Crippen LogP contribution < -0.4 is 0 Å². The Morgan fingerprint density at radius 1 is 0.667 bits per heavy atom. The van der Waals surface area contributed by atoms with Gasteiger partial charge in [-0.05, 0) is 35.4 Å². The van der Waals surface area contributed by atoms with Gasteiger partial charge in [0.2, 0.25) is 0 Å². The summed E-state index contributed by atoms with van der Waals surface area (Å²) < 4.78 is 0. The van der Waals surface area contributed by atoms with Crippen molar-refractivity contribution in [2.24, 2.45) is 0 Å². The number of hydrogen-bond acceptors (Lipinski definition) is 4. The fourth-order valence-electron chi connectivity index (χ4n) is 1.31. The third kappa shape index (κ3) is 4.86. The Labute approximate surface area is 105 Å². The van der Waals surface area contributed by atoms with Crippen molar-refractivity contribution in [2.75, 3.05) is 0 Å². The van der Waals surface area contributed by atoms with E-state index in [1.807, 2.05) is 0 Å². The Morgan fingerprint density at radius 3 is 1.28 bits per heavy atom. The molecule has 0 fully saturated rings. The van der Waals surface area contributed by atoms with Crippen LogP contribution in [0.2, 0.25) is 0 Å². The largest absolute Gasteiger partial charge is 0.508 e. The van der Waals surface area contributed by atoms with Crippen molar-refractivity contribution >= 4 is 0 Å². The van der Waals surface area contributed by atoms with E-state index in [-0.39, 0.29) is 24.7 Å². The zero-order chi connectivity index (χ0) is 13.4. The summed E-state index contributed by atoms with van der Waals surface area (Å²) in [5.74, 6) is 0.392. The molecule has 4 heteroatoms. The van der Waals surface area contributed by atoms with Gasteiger partial charge in [0.05, 0.1) is 13.2 Å². The number of rotatable bonds is 2. The molecular formula is C14H16O4. The highest BCUT2D eigenvalue weighted by Gasteiger charge is 1.89. The molecule has 0 amide bonds. The molecule has 0 radical (unpaired) electrons. The molecule has 0 atom stereocenters. The molecule has 0 unspecified atom stereocenters. The molecule has 0 aliphatic rings. The number of aliphatic hydroxyl groups is 2. The molecule has 0 bridgehead atoms. The average molecular weight is 248 g/mol. The summed E-state index contributed by atoms with van der Waals surface area (Å²) in [4.78, 5) is 0. The normalized spacial score (nSPS) is 9.44. The van der Waals surface area contributed by atoms with Crippen LogP contribution in [0.3, 0.4) is 0 Å². The van der Waals surface area contributed by atoms with Crippen molar-refractivity contribution in [1.29, 1.82) is 0 Å². The van der Waals surface area contributed by atoms with E-state index in [2.05, 4.69) is 0 Å². The van der Waals surface area contributed by atoms with E-state index in [4.69, 9.17) is 20.4 Å². The highest BCUT2D eigenvalue weighted by molar-refractivity contribution is 5.26. The number of aromatic hydroxyl groups is 2. The van der Waals surface area contributed by atoms with Crippen LogP contribution in [0.15, 0.2) is 48.5 Å². The van der Waals surface area contributed by atoms with Crippen LogP contribution in [0.1, 0.15) is 11.1 Å². The summed E-state index contributed by atoms with van der Waals surface area (Å²) in [5.41, 5.74) is 1.46. The minimum Gasteiger partial charge on any atom is -0.508 e. The number of aliphatic hydroxyl groups excluding tert-OH is 2. The molecule has 4 N–H and O–H groups in total. The third-order valence-electron chi connectivity index (χ3n) is 2.19. The van der Waals surface area contributed by atoms with Crippen LogP contribution in [-0.2, 0) is 13.2 Å². The minimum absolute atomic E-state index is 0.0194. The van der Waals surface area contributed by atoms with E-state index in [0.717, 1.165) is 11.1 Å². The highest BCUT2D eigenvalue weighted by Crippen LogP contribution is 2.10. The topological polar surface area (TPSA) is 80.9 Å². The first-order valence-corrected chi connectivity index (χ1v) is 5.43. The van der Waals surface area contributed by atoms with Crippen LogP contribution in [0, 0.1) is 0 Å². The first-order valence-electron chi connectivity index (χ1n) is 5.43. The average Bonchev–Trinajstić information content (AvgIpc) is 2.39. The van der Waals surface area contributed by atoms with Crippen molar-refractivity contribution < 1.29 is 20.4 Å². The number of hydrogen-bond donors (Lipinski definition) is 4. The molecule has 2 aromatic rings. The molecule has 0 saturated carbocycles. The van der Waals surface area contributed by atoms with Crippen molar-refractivity contribution in [2.45, 2.75) is 13.2 Å². The molecule has 18 heavy (non-hydrogen) atoms. The van der Waals surface area contributed by atoms with Crippen molar-refractivity contribution in [3.63, 3.8) is 0 Å². The Bertz CT molecular complexity index is 437. The molecule has 0 aliphatic heterocycles. The van der Waals surface area contributed by atoms with Gasteiger partial charge in [-0.25, -0.2) is 0 Å². The Morgan fingerprint density at radius 2 is 1.06 bits per heavy atom. The maximum absolute atomic E-state index is 8.83. The summed E-state index contributed by atoms with van der Waals surface area (Å²) in [5, 5.41) is 34.8. The Kier molecular flexibility index (Phi) is 5.70. The zero-order valence-electron chi connectivity index (χ0n) is 9.82. The maximum Gasteiger partial charge on any atom is 0.115 e. The molecule has 4 nitrogen and oxygen atoms in total. The molecule has 0 saturated heterocycles. The predicted molar refractivity (Wildman–Crippen MR) is 68.1 cm³/mol. The Balaban J connectivity index is 0.000000180. The highest BCUT2D eigenvalue weighted by atomic mass is 16.3. The van der Waals surface area contributed by atoms with E-state index >= 15 is 0 Å². The fourth-order valence-corrected chi connectivity index (χ4v) is 1.31. The lowest BCUT2D eigenvalue weighted by molar-refractivity contribution is 0.281. The first-order chi connectivity index (χ1) is 8.65. The minimum atomic E-state index is -0.0194. The second kappa shape index (κ2) is 7.32. The number of benzene rings is 2. The lowest BCUT2D eigenvalue weighted by atomic mass is 10.2. The summed E-state index contributed by atoms with van der Waals surface area (Å²) in [6.45, 7) is -0.0389. The summed E-state index contributed by atoms with van der Waals surface area (Å²) >= 11 is 0. The van der Waals surface area contributed by atoms with Gasteiger partial charge in [-0.15, -0.1) is 0 Å². The molecule has 0 heterocycles. The van der Waals surface area contributed by atoms with E-state index in [0.29, 0.717) is 0 Å². The lowest BCUT2D eigenvalue weighted by Crippen LogP contribution is -1.79. The van der Waals surface area contributed by atoms with Crippen molar-refractivity contribution in [3.8, 4) is 11.5 Å².